The average molecular weight is 1900 g/mol. The Kier molecular flexibility index (Phi) is 33.9. The van der Waals surface area contributed by atoms with Gasteiger partial charge in [-0.3, -0.25) is 68.8 Å². The van der Waals surface area contributed by atoms with Crippen molar-refractivity contribution < 1.29 is 141 Å². The van der Waals surface area contributed by atoms with E-state index in [4.69, 9.17) is 101 Å². The van der Waals surface area contributed by atoms with Crippen LogP contribution in [0.2, 0.25) is 0 Å². The van der Waals surface area contributed by atoms with Crippen LogP contribution >= 0.6 is 58.8 Å². The van der Waals surface area contributed by atoms with Crippen LogP contribution in [-0.4, -0.2) is 277 Å². The first-order valence-electron chi connectivity index (χ1n) is 40.4. The van der Waals surface area contributed by atoms with Crippen LogP contribution in [0.4, 0.5) is 32.2 Å². The Morgan fingerprint density at radius 3 is 0.937 bits per heavy atom. The average Bonchev–Trinajstić information content (AvgIpc) is 1.59. The van der Waals surface area contributed by atoms with Gasteiger partial charge in [-0.1, -0.05) is 76.8 Å². The number of amides is 3. The summed E-state index contributed by atoms with van der Waals surface area (Å²) in [6.07, 6.45) is -4.88. The van der Waals surface area contributed by atoms with Crippen molar-refractivity contribution in [3.63, 3.8) is 0 Å². The Labute approximate surface area is 737 Å². The number of phosphoric ester groups is 3. The number of hydrogen-bond donors (Lipinski definition) is 9. The quantitative estimate of drug-likeness (QED) is 0.0106. The normalized spacial score (nSPS) is 27.5. The molecule has 15 atom stereocenters. The topological polar surface area (TPSA) is 625 Å². The molecule has 6 aliphatic heterocycles. The summed E-state index contributed by atoms with van der Waals surface area (Å²) in [6.45, 7) is 27.3. The molecule has 6 aromatic heterocycles. The molecule has 0 spiro atoms. The molecule has 12 N–H and O–H groups in total. The number of fused-ring (bicyclic) bond motifs is 6. The Balaban J connectivity index is 0.000000197. The van der Waals surface area contributed by atoms with Crippen LogP contribution in [0.3, 0.4) is 0 Å². The minimum Gasteiger partial charge on any atom is -0.476 e. The van der Waals surface area contributed by atoms with Gasteiger partial charge in [0.05, 0.1) is 98.3 Å². The number of rotatable bonds is 36. The molecule has 0 bridgehead atoms. The molecule has 0 aromatic carbocycles. The maximum Gasteiger partial charge on any atom is 0.475 e. The van der Waals surface area contributed by atoms with Gasteiger partial charge in [-0.05, 0) is 81.6 Å². The number of nitrogen functional groups attached to an aromatic ring is 3. The summed E-state index contributed by atoms with van der Waals surface area (Å²) in [7, 11) is -12.3. The van der Waals surface area contributed by atoms with Crippen LogP contribution in [0.1, 0.15) is 142 Å². The van der Waals surface area contributed by atoms with Gasteiger partial charge in [-0.2, -0.15) is 29.9 Å². The molecule has 6 saturated heterocycles. The van der Waals surface area contributed by atoms with Crippen LogP contribution < -0.4 is 47.4 Å². The summed E-state index contributed by atoms with van der Waals surface area (Å²) >= 11 is 3.02. The summed E-state index contributed by atoms with van der Waals surface area (Å²) in [4.78, 5) is 110. The number of hydrogen-bond acceptors (Lipinski definition) is 45. The molecule has 12 rings (SSSR count). The van der Waals surface area contributed by atoms with Crippen LogP contribution in [0.25, 0.3) is 33.5 Å². The Morgan fingerprint density at radius 1 is 0.444 bits per heavy atom. The first-order valence-corrected chi connectivity index (χ1v) is 47.7. The second-order valence-electron chi connectivity index (χ2n) is 31.2. The number of nitrogens with one attached hydrogen (secondary N) is 3. The number of phosphoric acid groups is 3. The molecule has 6 fully saturated rings. The number of nitrogens with zero attached hydrogens (tertiary/aromatic N) is 12. The first-order chi connectivity index (χ1) is 59.4. The molecule has 0 aliphatic carbocycles. The number of carbonyl (C=O) groups excluding carboxylic acids is 6. The fourth-order valence-electron chi connectivity index (χ4n) is 13.5. The first kappa shape index (κ1) is 101. The Hall–Kier alpha value is -7.59. The highest BCUT2D eigenvalue weighted by Gasteiger charge is 2.63. The summed E-state index contributed by atoms with van der Waals surface area (Å²) in [5.74, 6) is 0.974. The van der Waals surface area contributed by atoms with E-state index in [1.54, 1.807) is 83.1 Å². The van der Waals surface area contributed by atoms with Crippen molar-refractivity contribution in [1.29, 1.82) is 0 Å². The zero-order valence-electron chi connectivity index (χ0n) is 72.3. The van der Waals surface area contributed by atoms with E-state index in [-0.39, 0.29) is 164 Å². The number of imidazole rings is 3. The number of anilines is 3. The summed E-state index contributed by atoms with van der Waals surface area (Å²) in [5.41, 5.74) is 12.1. The minimum absolute atomic E-state index is 0.0479. The monoisotopic (exact) mass is 1900 g/mol. The smallest absolute Gasteiger partial charge is 0.475 e. The third kappa shape index (κ3) is 24.1. The lowest BCUT2D eigenvalue weighted by Gasteiger charge is -2.35. The molecule has 0 saturated carbocycles. The Bertz CT molecular complexity index is 4500. The molecule has 6 aliphatic rings. The van der Waals surface area contributed by atoms with Crippen molar-refractivity contribution >= 4 is 144 Å². The van der Waals surface area contributed by atoms with Crippen molar-refractivity contribution in [1.82, 2.24) is 74.5 Å². The van der Waals surface area contributed by atoms with E-state index in [9.17, 15) is 57.8 Å². The Morgan fingerprint density at radius 2 is 0.698 bits per heavy atom. The number of ether oxygens (including phenoxy) is 9. The number of aromatic nitrogens is 12. The zero-order chi connectivity index (χ0) is 92.1. The SMILES string of the molecule is CCOC(=O)NCCC(C)(C)C(=O)SCCOP1(=O)OC[C@H]2O[C@@H](n3cnc4c(OCC)nc(N)nc43)[C@](C)(O)[C@@H]2O1.CCOC(=O)NCCC(C)(C)C(=O)SCCO[P@@]1(=O)OC[C@H]2O[C@@H](n3cnc4c(OCC)nc(N)nc43)[C@](C)(O)[C@@H]2O1.CCOC(=O)NCCC(C)(C)C(=O)SCCO[P@]1(=O)OC[C@H]2O[C@@H](n3cnc4c(OCC)nc(N)nc43)[C@](C)(O)[C@@H]2O1. The number of nitrogens with two attached hydrogens (primary N) is 3. The maximum atomic E-state index is 13.3. The van der Waals surface area contributed by atoms with Crippen molar-refractivity contribution in [3.05, 3.63) is 19.0 Å². The van der Waals surface area contributed by atoms with E-state index < -0.39 is 130 Å². The number of carbonyl (C=O) groups is 6. The number of thioether (sulfide) groups is 3. The van der Waals surface area contributed by atoms with Crippen molar-refractivity contribution in [2.24, 2.45) is 16.2 Å². The van der Waals surface area contributed by atoms with Gasteiger partial charge in [0.1, 0.15) is 53.4 Å². The summed E-state index contributed by atoms with van der Waals surface area (Å²) < 4.78 is 143. The third-order valence-electron chi connectivity index (χ3n) is 20.1. The van der Waals surface area contributed by atoms with Gasteiger partial charge in [0.15, 0.2) is 67.5 Å². The molecule has 1 unspecified atom stereocenters. The summed E-state index contributed by atoms with van der Waals surface area (Å²) in [6, 6.07) is 0. The van der Waals surface area contributed by atoms with E-state index in [0.717, 1.165) is 35.3 Å². The molecule has 6 aromatic rings. The van der Waals surface area contributed by atoms with Crippen molar-refractivity contribution in [3.8, 4) is 17.6 Å². The van der Waals surface area contributed by atoms with E-state index in [1.165, 1.54) is 53.5 Å². The van der Waals surface area contributed by atoms with Crippen molar-refractivity contribution in [2.75, 3.05) is 133 Å². The maximum absolute atomic E-state index is 13.3. The van der Waals surface area contributed by atoms with E-state index in [2.05, 4.69) is 60.8 Å². The van der Waals surface area contributed by atoms with E-state index >= 15 is 0 Å². The largest absolute Gasteiger partial charge is 0.476 e. The number of alkyl carbamates (subject to hydrolysis) is 3. The van der Waals surface area contributed by atoms with Gasteiger partial charge in [-0.15, -0.1) is 0 Å². The fourth-order valence-corrected chi connectivity index (χ4v) is 20.8. The van der Waals surface area contributed by atoms with Gasteiger partial charge in [0.2, 0.25) is 35.5 Å². The fraction of sp³-hybridized carbons (Fsp3) is 0.708. The van der Waals surface area contributed by atoms with E-state index in [0.29, 0.717) is 55.6 Å². The molecule has 126 heavy (non-hydrogen) atoms. The predicted molar refractivity (Wildman–Crippen MR) is 452 cm³/mol. The molecule has 54 heteroatoms. The summed E-state index contributed by atoms with van der Waals surface area (Å²) in [5, 5.41) is 41.9. The molecule has 48 nitrogen and oxygen atoms in total. The molecular weight excluding hydrogens is 1790 g/mol. The standard InChI is InChI=1S/3C24H37N6O10PS/c3*1-6-35-18-15-17(28-21(25)29-18)30(13-27-15)19-24(5,33)16-14(39-19)12-38-41(34,40-16)37-10-11-42-20(31)23(3,4)8-9-26-22(32)36-7-2/h3*13-14,16,19,33H,6-12H2,1-5H3,(H,26,32)(H2,25,28,29)/t14-,16-,19-,24-,41?;14-,16-,19-,24-,41+;14-,16-,19-,24-,41-/m111/s1. The minimum atomic E-state index is -4.09. The lowest BCUT2D eigenvalue weighted by molar-refractivity contribution is -0.119. The number of aliphatic hydroxyl groups is 3. The van der Waals surface area contributed by atoms with Crippen molar-refractivity contribution in [2.45, 2.75) is 195 Å². The van der Waals surface area contributed by atoms with Gasteiger partial charge < -0.3 is 91.1 Å². The van der Waals surface area contributed by atoms with Gasteiger partial charge in [-0.25, -0.2) is 43.0 Å². The van der Waals surface area contributed by atoms with Crippen LogP contribution in [0.15, 0.2) is 19.0 Å². The predicted octanol–water partition coefficient (Wildman–Crippen LogP) is 7.25. The lowest BCUT2D eigenvalue weighted by Crippen LogP contribution is -2.47. The molecular formula is C72H111N18O30P3S3. The molecule has 3 amide bonds. The van der Waals surface area contributed by atoms with Crippen LogP contribution in [-0.2, 0) is 97.2 Å². The molecule has 0 radical (unpaired) electrons. The molecule has 702 valence electrons. The van der Waals surface area contributed by atoms with Crippen LogP contribution in [0.5, 0.6) is 17.6 Å². The second kappa shape index (κ2) is 42.5. The third-order valence-corrected chi connectivity index (χ3v) is 28.0. The zero-order valence-corrected chi connectivity index (χ0v) is 77.4. The highest BCUT2D eigenvalue weighted by atomic mass is 32.2. The van der Waals surface area contributed by atoms with Gasteiger partial charge in [0.25, 0.3) is 0 Å². The highest BCUT2D eigenvalue weighted by molar-refractivity contribution is 8.14. The van der Waals surface area contributed by atoms with Crippen LogP contribution in [0, 0.1) is 16.2 Å². The highest BCUT2D eigenvalue weighted by Crippen LogP contribution is 2.62. The van der Waals surface area contributed by atoms with Gasteiger partial charge >= 0.3 is 41.7 Å². The van der Waals surface area contributed by atoms with Gasteiger partial charge in [0, 0.05) is 53.1 Å². The van der Waals surface area contributed by atoms with E-state index in [1.807, 2.05) is 0 Å². The second-order valence-corrected chi connectivity index (χ2v) is 39.3. The molecule has 12 heterocycles. The lowest BCUT2D eigenvalue weighted by atomic mass is 9.91.